The third-order valence-corrected chi connectivity index (χ3v) is 2.37. The molecule has 1 aromatic carbocycles. The Morgan fingerprint density at radius 2 is 2.00 bits per heavy atom. The smallest absolute Gasteiger partial charge is 0.119 e. The van der Waals surface area contributed by atoms with Gasteiger partial charge in [0.05, 0.1) is 6.61 Å². The van der Waals surface area contributed by atoms with Crippen molar-refractivity contribution in [1.29, 1.82) is 0 Å². The maximum atomic E-state index is 5.51. The van der Waals surface area contributed by atoms with Crippen molar-refractivity contribution in [2.24, 2.45) is 5.73 Å². The molecule has 0 bridgehead atoms. The first-order valence-corrected chi connectivity index (χ1v) is 5.73. The lowest BCUT2D eigenvalue weighted by Crippen LogP contribution is -2.30. The zero-order chi connectivity index (χ0) is 11.8. The maximum Gasteiger partial charge on any atom is 0.119 e. The zero-order valence-electron chi connectivity index (χ0n) is 9.39. The lowest BCUT2D eigenvalue weighted by molar-refractivity contribution is 0.0698. The van der Waals surface area contributed by atoms with Crippen LogP contribution in [0.15, 0.2) is 30.3 Å². The Balaban J connectivity index is 2.19. The van der Waals surface area contributed by atoms with Crippen LogP contribution in [-0.4, -0.2) is 24.3 Å². The number of hydrogen-bond acceptors (Lipinski definition) is 3. The summed E-state index contributed by atoms with van der Waals surface area (Å²) in [7, 11) is 0. The minimum absolute atomic E-state index is 0.144. The van der Waals surface area contributed by atoms with E-state index >= 15 is 0 Å². The van der Waals surface area contributed by atoms with Gasteiger partial charge >= 0.3 is 0 Å². The molecule has 0 amide bonds. The van der Waals surface area contributed by atoms with E-state index in [9.17, 15) is 0 Å². The van der Waals surface area contributed by atoms with Gasteiger partial charge in [-0.3, -0.25) is 0 Å². The first-order chi connectivity index (χ1) is 7.74. The molecular weight excluding hydrogens is 222 g/mol. The predicted octanol–water partition coefficient (Wildman–Crippen LogP) is 2.15. The van der Waals surface area contributed by atoms with Crippen molar-refractivity contribution in [2.75, 3.05) is 13.2 Å². The van der Waals surface area contributed by atoms with Gasteiger partial charge in [0.15, 0.2) is 0 Å². The van der Waals surface area contributed by atoms with Crippen molar-refractivity contribution < 1.29 is 9.47 Å². The number of hydrogen-bond donors (Lipinski definition) is 1. The highest BCUT2D eigenvalue weighted by Gasteiger charge is 2.08. The van der Waals surface area contributed by atoms with Crippen molar-refractivity contribution in [2.45, 2.75) is 19.4 Å². The molecule has 0 saturated heterocycles. The molecule has 3 nitrogen and oxygen atoms in total. The second-order valence-corrected chi connectivity index (χ2v) is 3.80. The number of thiocarbonyl (C=S) groups is 1. The summed E-state index contributed by atoms with van der Waals surface area (Å²) >= 11 is 4.87. The maximum absolute atomic E-state index is 5.51. The molecule has 0 spiro atoms. The Morgan fingerprint density at radius 1 is 1.31 bits per heavy atom. The van der Waals surface area contributed by atoms with E-state index in [1.165, 1.54) is 0 Å². The first kappa shape index (κ1) is 12.9. The minimum atomic E-state index is -0.144. The number of benzene rings is 1. The van der Waals surface area contributed by atoms with Crippen molar-refractivity contribution in [1.82, 2.24) is 0 Å². The summed E-state index contributed by atoms with van der Waals surface area (Å²) in [5.41, 5.74) is 5.51. The van der Waals surface area contributed by atoms with Gasteiger partial charge in [0, 0.05) is 0 Å². The van der Waals surface area contributed by atoms with E-state index in [0.29, 0.717) is 18.2 Å². The Bertz CT molecular complexity index is 316. The number of nitrogens with two attached hydrogens (primary N) is 1. The number of ether oxygens (including phenoxy) is 2. The standard InChI is InChI=1S/C12H17NO2S/c1-2-11(12(13)16)15-9-8-14-10-6-4-3-5-7-10/h3-7,11H,2,8-9H2,1H3,(H2,13,16). The molecule has 1 unspecified atom stereocenters. The van der Waals surface area contributed by atoms with Crippen LogP contribution in [-0.2, 0) is 4.74 Å². The van der Waals surface area contributed by atoms with Gasteiger partial charge in [0.25, 0.3) is 0 Å². The average Bonchev–Trinajstić information content (AvgIpc) is 2.30. The summed E-state index contributed by atoms with van der Waals surface area (Å²) in [4.78, 5) is 0.405. The highest BCUT2D eigenvalue weighted by atomic mass is 32.1. The fraction of sp³-hybridized carbons (Fsp3) is 0.417. The number of para-hydroxylation sites is 1. The van der Waals surface area contributed by atoms with Crippen LogP contribution in [0.4, 0.5) is 0 Å². The average molecular weight is 239 g/mol. The van der Waals surface area contributed by atoms with E-state index in [4.69, 9.17) is 27.4 Å². The lowest BCUT2D eigenvalue weighted by atomic mass is 10.3. The van der Waals surface area contributed by atoms with Crippen molar-refractivity contribution in [3.63, 3.8) is 0 Å². The van der Waals surface area contributed by atoms with Crippen LogP contribution in [0, 0.1) is 0 Å². The number of rotatable bonds is 7. The van der Waals surface area contributed by atoms with E-state index in [0.717, 1.165) is 12.2 Å². The normalized spacial score (nSPS) is 12.1. The summed E-state index contributed by atoms with van der Waals surface area (Å²) in [6.45, 7) is 2.98. The van der Waals surface area contributed by atoms with Crippen LogP contribution in [0.5, 0.6) is 5.75 Å². The van der Waals surface area contributed by atoms with Gasteiger partial charge in [0.2, 0.25) is 0 Å². The van der Waals surface area contributed by atoms with Crippen LogP contribution < -0.4 is 10.5 Å². The highest BCUT2D eigenvalue weighted by molar-refractivity contribution is 7.80. The summed E-state index contributed by atoms with van der Waals surface area (Å²) < 4.78 is 11.0. The SMILES string of the molecule is CCC(OCCOc1ccccc1)C(N)=S. The Morgan fingerprint density at radius 3 is 2.56 bits per heavy atom. The Labute approximate surface area is 102 Å². The van der Waals surface area contributed by atoms with E-state index in [-0.39, 0.29) is 6.10 Å². The molecule has 0 aliphatic carbocycles. The van der Waals surface area contributed by atoms with Gasteiger partial charge in [0.1, 0.15) is 23.4 Å². The zero-order valence-corrected chi connectivity index (χ0v) is 10.2. The largest absolute Gasteiger partial charge is 0.491 e. The van der Waals surface area contributed by atoms with E-state index in [2.05, 4.69) is 0 Å². The van der Waals surface area contributed by atoms with Gasteiger partial charge < -0.3 is 15.2 Å². The van der Waals surface area contributed by atoms with Gasteiger partial charge in [-0.25, -0.2) is 0 Å². The second kappa shape index (κ2) is 7.19. The molecule has 0 saturated carbocycles. The van der Waals surface area contributed by atoms with E-state index in [1.54, 1.807) is 0 Å². The topological polar surface area (TPSA) is 44.5 Å². The summed E-state index contributed by atoms with van der Waals surface area (Å²) in [5, 5.41) is 0. The molecule has 0 aliphatic rings. The first-order valence-electron chi connectivity index (χ1n) is 5.32. The summed E-state index contributed by atoms with van der Waals surface area (Å²) in [6.07, 6.45) is 0.648. The van der Waals surface area contributed by atoms with Crippen LogP contribution in [0.25, 0.3) is 0 Å². The molecule has 4 heteroatoms. The molecule has 1 aromatic rings. The molecule has 0 fully saturated rings. The highest BCUT2D eigenvalue weighted by Crippen LogP contribution is 2.08. The summed E-state index contributed by atoms with van der Waals surface area (Å²) in [5.74, 6) is 0.842. The van der Waals surface area contributed by atoms with Crippen molar-refractivity contribution >= 4 is 17.2 Å². The van der Waals surface area contributed by atoms with Crippen molar-refractivity contribution in [3.05, 3.63) is 30.3 Å². The van der Waals surface area contributed by atoms with Gasteiger partial charge in [-0.15, -0.1) is 0 Å². The third-order valence-electron chi connectivity index (χ3n) is 2.10. The monoisotopic (exact) mass is 239 g/mol. The predicted molar refractivity (Wildman–Crippen MR) is 68.8 cm³/mol. The van der Waals surface area contributed by atoms with Crippen LogP contribution in [0.3, 0.4) is 0 Å². The lowest BCUT2D eigenvalue weighted by Gasteiger charge is -2.14. The fourth-order valence-electron chi connectivity index (χ4n) is 1.27. The van der Waals surface area contributed by atoms with Crippen LogP contribution in [0.2, 0.25) is 0 Å². The molecule has 1 atom stereocenters. The van der Waals surface area contributed by atoms with Gasteiger partial charge in [-0.1, -0.05) is 37.3 Å². The van der Waals surface area contributed by atoms with Gasteiger partial charge in [-0.05, 0) is 18.6 Å². The van der Waals surface area contributed by atoms with E-state index < -0.39 is 0 Å². The molecule has 0 aliphatic heterocycles. The second-order valence-electron chi connectivity index (χ2n) is 3.33. The van der Waals surface area contributed by atoms with Crippen LogP contribution in [0.1, 0.15) is 13.3 Å². The third kappa shape index (κ3) is 4.59. The van der Waals surface area contributed by atoms with Gasteiger partial charge in [-0.2, -0.15) is 0 Å². The molecule has 0 aromatic heterocycles. The fourth-order valence-corrected chi connectivity index (χ4v) is 1.50. The van der Waals surface area contributed by atoms with Crippen LogP contribution >= 0.6 is 12.2 Å². The molecule has 88 valence electrons. The molecule has 0 heterocycles. The Kier molecular flexibility index (Phi) is 5.82. The molecule has 16 heavy (non-hydrogen) atoms. The quantitative estimate of drug-likeness (QED) is 0.585. The molecular formula is C12H17NO2S. The Hall–Kier alpha value is -1.13. The van der Waals surface area contributed by atoms with Crippen molar-refractivity contribution in [3.8, 4) is 5.75 Å². The minimum Gasteiger partial charge on any atom is -0.491 e. The molecule has 0 radical (unpaired) electrons. The van der Waals surface area contributed by atoms with E-state index in [1.807, 2.05) is 37.3 Å². The molecule has 1 rings (SSSR count). The molecule has 2 N–H and O–H groups in total. The summed E-state index contributed by atoms with van der Waals surface area (Å²) in [6, 6.07) is 9.62.